The van der Waals surface area contributed by atoms with E-state index >= 15 is 0 Å². The summed E-state index contributed by atoms with van der Waals surface area (Å²) in [5, 5.41) is -0.124. The maximum Gasteiger partial charge on any atom is 0.320 e. The summed E-state index contributed by atoms with van der Waals surface area (Å²) in [5.74, 6) is -0.192. The van der Waals surface area contributed by atoms with Crippen molar-refractivity contribution in [3.8, 4) is 0 Å². The van der Waals surface area contributed by atoms with Gasteiger partial charge in [0.05, 0.1) is 0 Å². The fourth-order valence-electron chi connectivity index (χ4n) is 0.693. The predicted octanol–water partition coefficient (Wildman–Crippen LogP) is 0.134. The van der Waals surface area contributed by atoms with E-state index in [-0.39, 0.29) is 11.2 Å². The summed E-state index contributed by atoms with van der Waals surface area (Å²) in [4.78, 5) is 11.2. The molecule has 0 aromatic heterocycles. The van der Waals surface area contributed by atoms with Crippen molar-refractivity contribution in [2.24, 2.45) is 5.73 Å². The molecule has 0 aliphatic rings. The van der Waals surface area contributed by atoms with E-state index in [9.17, 15) is 4.79 Å². The van der Waals surface area contributed by atoms with Crippen LogP contribution in [0.1, 0.15) is 13.3 Å². The lowest BCUT2D eigenvalue weighted by atomic mass is 10.3. The molecule has 0 amide bonds. The summed E-state index contributed by atoms with van der Waals surface area (Å²) in [6, 6.07) is 0. The van der Waals surface area contributed by atoms with Crippen LogP contribution in [0.25, 0.3) is 0 Å². The molecular formula is C7H16N2O2S. The van der Waals surface area contributed by atoms with E-state index < -0.39 is 0 Å². The van der Waals surface area contributed by atoms with Gasteiger partial charge >= 0.3 is 5.97 Å². The molecule has 0 bridgehead atoms. The summed E-state index contributed by atoms with van der Waals surface area (Å²) < 4.78 is 7.73. The van der Waals surface area contributed by atoms with Crippen molar-refractivity contribution in [1.82, 2.24) is 4.72 Å². The van der Waals surface area contributed by atoms with Crippen LogP contribution in [0.15, 0.2) is 0 Å². The molecule has 0 aliphatic heterocycles. The Labute approximate surface area is 77.4 Å². The largest absolute Gasteiger partial charge is 0.463 e. The first-order chi connectivity index (χ1) is 5.76. The molecule has 0 fully saturated rings. The second kappa shape index (κ2) is 7.39. The number of hydrogen-bond acceptors (Lipinski definition) is 5. The lowest BCUT2D eigenvalue weighted by Crippen LogP contribution is -2.24. The van der Waals surface area contributed by atoms with Gasteiger partial charge in [-0.05, 0) is 13.5 Å². The van der Waals surface area contributed by atoms with Crippen LogP contribution in [0.5, 0.6) is 0 Å². The number of nitrogens with two attached hydrogens (primary N) is 1. The summed E-state index contributed by atoms with van der Waals surface area (Å²) >= 11 is 1.37. The fourth-order valence-corrected chi connectivity index (χ4v) is 1.31. The SMILES string of the molecule is CCC(SNC)C(=O)OCCN. The summed E-state index contributed by atoms with van der Waals surface area (Å²) in [6.45, 7) is 2.63. The first-order valence-electron chi connectivity index (χ1n) is 3.95. The Morgan fingerprint density at radius 1 is 1.75 bits per heavy atom. The minimum absolute atomic E-state index is 0.124. The second-order valence-corrected chi connectivity index (χ2v) is 3.39. The highest BCUT2D eigenvalue weighted by Gasteiger charge is 2.17. The number of hydrogen-bond donors (Lipinski definition) is 2. The van der Waals surface area contributed by atoms with Crippen LogP contribution in [0, 0.1) is 0 Å². The molecule has 72 valence electrons. The molecule has 4 nitrogen and oxygen atoms in total. The molecule has 0 heterocycles. The number of ether oxygens (including phenoxy) is 1. The molecule has 5 heteroatoms. The van der Waals surface area contributed by atoms with E-state index in [1.54, 1.807) is 7.05 Å². The van der Waals surface area contributed by atoms with Gasteiger partial charge in [-0.25, -0.2) is 0 Å². The number of esters is 1. The molecule has 0 aliphatic carbocycles. The zero-order valence-corrected chi connectivity index (χ0v) is 8.32. The normalized spacial score (nSPS) is 12.6. The lowest BCUT2D eigenvalue weighted by molar-refractivity contribution is -0.142. The van der Waals surface area contributed by atoms with Gasteiger partial charge in [0.15, 0.2) is 0 Å². The molecule has 3 N–H and O–H groups in total. The first kappa shape index (κ1) is 11.7. The number of carbonyl (C=O) groups excluding carboxylic acids is 1. The minimum atomic E-state index is -0.192. The third-order valence-corrected chi connectivity index (χ3v) is 2.30. The number of rotatable bonds is 6. The minimum Gasteiger partial charge on any atom is -0.463 e. The van der Waals surface area contributed by atoms with Crippen LogP contribution >= 0.6 is 11.9 Å². The van der Waals surface area contributed by atoms with Gasteiger partial charge in [-0.15, -0.1) is 0 Å². The molecule has 0 rings (SSSR count). The highest BCUT2D eigenvalue weighted by Crippen LogP contribution is 2.11. The molecule has 1 unspecified atom stereocenters. The molecule has 12 heavy (non-hydrogen) atoms. The Kier molecular flexibility index (Phi) is 7.23. The van der Waals surface area contributed by atoms with Crippen LogP contribution < -0.4 is 10.5 Å². The van der Waals surface area contributed by atoms with Gasteiger partial charge in [-0.2, -0.15) is 0 Å². The van der Waals surface area contributed by atoms with Crippen molar-refractivity contribution in [2.45, 2.75) is 18.6 Å². The van der Waals surface area contributed by atoms with E-state index in [0.29, 0.717) is 13.2 Å². The molecule has 0 radical (unpaired) electrons. The third kappa shape index (κ3) is 4.58. The van der Waals surface area contributed by atoms with Gasteiger partial charge in [-0.3, -0.25) is 9.52 Å². The summed E-state index contributed by atoms with van der Waals surface area (Å²) in [7, 11) is 1.78. The molecule has 0 saturated carbocycles. The van der Waals surface area contributed by atoms with Crippen LogP contribution in [-0.2, 0) is 9.53 Å². The van der Waals surface area contributed by atoms with Crippen molar-refractivity contribution < 1.29 is 9.53 Å². The molecular weight excluding hydrogens is 176 g/mol. The molecule has 1 atom stereocenters. The second-order valence-electron chi connectivity index (χ2n) is 2.18. The maximum absolute atomic E-state index is 11.2. The lowest BCUT2D eigenvalue weighted by Gasteiger charge is -2.11. The smallest absolute Gasteiger partial charge is 0.320 e. The monoisotopic (exact) mass is 192 g/mol. The highest BCUT2D eigenvalue weighted by atomic mass is 32.2. The Morgan fingerprint density at radius 2 is 2.42 bits per heavy atom. The Hall–Kier alpha value is -0.260. The van der Waals surface area contributed by atoms with Crippen molar-refractivity contribution >= 4 is 17.9 Å². The van der Waals surface area contributed by atoms with Crippen LogP contribution in [-0.4, -0.2) is 31.4 Å². The highest BCUT2D eigenvalue weighted by molar-refractivity contribution is 7.98. The first-order valence-corrected chi connectivity index (χ1v) is 4.83. The van der Waals surface area contributed by atoms with Gasteiger partial charge in [0.25, 0.3) is 0 Å². The topological polar surface area (TPSA) is 64.3 Å². The van der Waals surface area contributed by atoms with E-state index in [0.717, 1.165) is 6.42 Å². The fraction of sp³-hybridized carbons (Fsp3) is 0.857. The van der Waals surface area contributed by atoms with Gasteiger partial charge in [0.2, 0.25) is 0 Å². The van der Waals surface area contributed by atoms with Crippen LogP contribution in [0.3, 0.4) is 0 Å². The molecule has 0 spiro atoms. The standard InChI is InChI=1S/C7H16N2O2S/c1-3-6(12-9-2)7(10)11-5-4-8/h6,9H,3-5,8H2,1-2H3. The quantitative estimate of drug-likeness (QED) is 0.463. The zero-order chi connectivity index (χ0) is 9.40. The summed E-state index contributed by atoms with van der Waals surface area (Å²) in [5.41, 5.74) is 5.19. The number of carbonyl (C=O) groups is 1. The van der Waals surface area contributed by atoms with Gasteiger partial charge in [-0.1, -0.05) is 18.9 Å². The van der Waals surface area contributed by atoms with E-state index in [1.807, 2.05) is 6.92 Å². The van der Waals surface area contributed by atoms with Crippen molar-refractivity contribution in [3.63, 3.8) is 0 Å². The average Bonchev–Trinajstić information content (AvgIpc) is 2.10. The van der Waals surface area contributed by atoms with Crippen LogP contribution in [0.2, 0.25) is 0 Å². The predicted molar refractivity (Wildman–Crippen MR) is 50.7 cm³/mol. The van der Waals surface area contributed by atoms with Crippen molar-refractivity contribution in [1.29, 1.82) is 0 Å². The third-order valence-electron chi connectivity index (χ3n) is 1.26. The van der Waals surface area contributed by atoms with Gasteiger partial charge < -0.3 is 10.5 Å². The molecule has 0 aromatic rings. The molecule has 0 saturated heterocycles. The number of nitrogens with one attached hydrogen (secondary N) is 1. The van der Waals surface area contributed by atoms with Gasteiger partial charge in [0, 0.05) is 6.54 Å². The van der Waals surface area contributed by atoms with E-state index in [1.165, 1.54) is 11.9 Å². The maximum atomic E-state index is 11.2. The Balaban J connectivity index is 3.69. The van der Waals surface area contributed by atoms with Crippen molar-refractivity contribution in [3.05, 3.63) is 0 Å². The Morgan fingerprint density at radius 3 is 2.83 bits per heavy atom. The van der Waals surface area contributed by atoms with E-state index in [4.69, 9.17) is 10.5 Å². The summed E-state index contributed by atoms with van der Waals surface area (Å²) in [6.07, 6.45) is 0.759. The zero-order valence-electron chi connectivity index (χ0n) is 7.50. The molecule has 0 aromatic carbocycles. The van der Waals surface area contributed by atoms with Crippen LogP contribution in [0.4, 0.5) is 0 Å². The average molecular weight is 192 g/mol. The van der Waals surface area contributed by atoms with Gasteiger partial charge in [0.1, 0.15) is 11.9 Å². The Bertz CT molecular complexity index is 133. The van der Waals surface area contributed by atoms with Crippen molar-refractivity contribution in [2.75, 3.05) is 20.2 Å². The van der Waals surface area contributed by atoms with E-state index in [2.05, 4.69) is 4.72 Å².